The van der Waals surface area contributed by atoms with Crippen LogP contribution in [-0.2, 0) is 14.4 Å². The maximum absolute atomic E-state index is 13.2. The van der Waals surface area contributed by atoms with Crippen LogP contribution < -0.4 is 0 Å². The summed E-state index contributed by atoms with van der Waals surface area (Å²) in [5.41, 5.74) is -6.44. The number of carbonyl (C=O) groups is 3. The van der Waals surface area contributed by atoms with Crippen molar-refractivity contribution in [1.29, 1.82) is 0 Å². The van der Waals surface area contributed by atoms with Crippen molar-refractivity contribution >= 4 is 29.0 Å². The lowest BCUT2D eigenvalue weighted by Gasteiger charge is -2.61. The van der Waals surface area contributed by atoms with Gasteiger partial charge in [-0.2, -0.15) is 0 Å². The van der Waals surface area contributed by atoms with E-state index in [1.807, 2.05) is 0 Å². The van der Waals surface area contributed by atoms with Crippen LogP contribution in [0.5, 0.6) is 0 Å². The minimum atomic E-state index is -2.26. The van der Waals surface area contributed by atoms with E-state index in [1.54, 1.807) is 19.1 Å². The number of hydrogen-bond acceptors (Lipinski definition) is 7. The number of hydrogen-bond donors (Lipinski definition) is 4. The molecule has 3 fully saturated rings. The molecule has 8 heteroatoms. The normalized spacial score (nSPS) is 44.3. The largest absolute Gasteiger partial charge is 0.508 e. The van der Waals surface area contributed by atoms with Gasteiger partial charge in [0.05, 0.1) is 22.0 Å². The summed E-state index contributed by atoms with van der Waals surface area (Å²) in [6.45, 7) is 4.16. The molecule has 4 aliphatic carbocycles. The zero-order chi connectivity index (χ0) is 21.9. The minimum Gasteiger partial charge on any atom is -0.508 e. The van der Waals surface area contributed by atoms with Crippen LogP contribution >= 0.6 is 11.6 Å². The van der Waals surface area contributed by atoms with Crippen molar-refractivity contribution in [2.45, 2.75) is 45.0 Å². The van der Waals surface area contributed by atoms with E-state index >= 15 is 0 Å². The Labute approximate surface area is 172 Å². The molecule has 4 N–H and O–H groups in total. The first-order valence-corrected chi connectivity index (χ1v) is 9.58. The quantitative estimate of drug-likeness (QED) is 0.228. The molecule has 0 aromatic heterocycles. The third-order valence-electron chi connectivity index (χ3n) is 6.36. The minimum absolute atomic E-state index is 0.338. The maximum Gasteiger partial charge on any atom is 0.183 e. The fraction of sp³-hybridized carbons (Fsp3) is 0.476. The average molecular weight is 423 g/mol. The molecule has 4 rings (SSSR count). The molecule has 0 aliphatic heterocycles. The van der Waals surface area contributed by atoms with Gasteiger partial charge in [0.1, 0.15) is 17.5 Å². The van der Waals surface area contributed by atoms with E-state index in [-0.39, 0.29) is 10.6 Å². The van der Waals surface area contributed by atoms with Gasteiger partial charge in [-0.3, -0.25) is 14.4 Å². The van der Waals surface area contributed by atoms with E-state index in [0.29, 0.717) is 0 Å². The number of ketones is 3. The van der Waals surface area contributed by atoms with Crippen LogP contribution in [-0.4, -0.2) is 55.6 Å². The molecule has 4 aliphatic rings. The van der Waals surface area contributed by atoms with Crippen molar-refractivity contribution in [3.8, 4) is 0 Å². The number of aliphatic hydroxyl groups excluding tert-OH is 3. The summed E-state index contributed by atoms with van der Waals surface area (Å²) in [5, 5.41) is 42.6. The van der Waals surface area contributed by atoms with Gasteiger partial charge in [-0.15, -0.1) is 0 Å². The van der Waals surface area contributed by atoms with Gasteiger partial charge in [-0.25, -0.2) is 0 Å². The lowest BCUT2D eigenvalue weighted by atomic mass is 9.40. The highest BCUT2D eigenvalue weighted by Gasteiger charge is 2.77. The van der Waals surface area contributed by atoms with Gasteiger partial charge in [0.25, 0.3) is 0 Å². The van der Waals surface area contributed by atoms with E-state index in [9.17, 15) is 34.8 Å². The van der Waals surface area contributed by atoms with E-state index in [1.165, 1.54) is 19.1 Å². The van der Waals surface area contributed by atoms with Crippen molar-refractivity contribution in [2.24, 2.45) is 16.7 Å². The van der Waals surface area contributed by atoms with E-state index in [0.717, 1.165) is 13.0 Å². The van der Waals surface area contributed by atoms with Crippen LogP contribution in [0, 0.1) is 16.7 Å². The highest BCUT2D eigenvalue weighted by atomic mass is 35.5. The Morgan fingerprint density at radius 3 is 2.38 bits per heavy atom. The Morgan fingerprint density at radius 1 is 1.17 bits per heavy atom. The highest BCUT2D eigenvalue weighted by molar-refractivity contribution is 6.44. The third kappa shape index (κ3) is 2.65. The molecular formula is C21H23ClO7. The van der Waals surface area contributed by atoms with Crippen LogP contribution in [0.1, 0.15) is 27.2 Å². The lowest BCUT2D eigenvalue weighted by Crippen LogP contribution is -2.75. The number of aliphatic hydroxyl groups is 4. The van der Waals surface area contributed by atoms with Crippen LogP contribution in [0.25, 0.3) is 0 Å². The number of Topliss-reactive ketones (excluding diaryl/α,β-unsaturated/α-hetero) is 3. The fourth-order valence-electron chi connectivity index (χ4n) is 5.19. The molecule has 7 nitrogen and oxygen atoms in total. The first-order chi connectivity index (χ1) is 13.4. The molecule has 29 heavy (non-hydrogen) atoms. The Balaban J connectivity index is 2.37. The molecule has 0 saturated heterocycles. The highest BCUT2D eigenvalue weighted by Crippen LogP contribution is 2.64. The molecule has 0 radical (unpaired) electrons. The van der Waals surface area contributed by atoms with Crippen LogP contribution in [0.15, 0.2) is 46.7 Å². The second kappa shape index (κ2) is 6.74. The summed E-state index contributed by atoms with van der Waals surface area (Å²) in [4.78, 5) is 39.3. The molecule has 6 atom stereocenters. The summed E-state index contributed by atoms with van der Waals surface area (Å²) < 4.78 is 0. The van der Waals surface area contributed by atoms with E-state index in [2.05, 4.69) is 0 Å². The SMILES string of the molecule is CC=CC=CC(O)=C1C(=O)[C@@]2(C)C[C@@]3(C(=O)C(Cl)=C[C@H](O)[C@@H]3O)[C@@H]1[C@](C)(O)C2=O. The predicted octanol–water partition coefficient (Wildman–Crippen LogP) is 1.27. The van der Waals surface area contributed by atoms with Crippen molar-refractivity contribution < 1.29 is 34.8 Å². The second-order valence-electron chi connectivity index (χ2n) is 8.25. The molecule has 1 spiro atoms. The molecule has 0 heterocycles. The Hall–Kier alpha value is -2.06. The van der Waals surface area contributed by atoms with Crippen molar-refractivity contribution in [2.75, 3.05) is 0 Å². The topological polar surface area (TPSA) is 132 Å². The molecule has 3 saturated carbocycles. The maximum atomic E-state index is 13.2. The number of fused-ring (bicyclic) bond motifs is 2. The first-order valence-electron chi connectivity index (χ1n) is 9.20. The summed E-state index contributed by atoms with van der Waals surface area (Å²) >= 11 is 6.02. The van der Waals surface area contributed by atoms with Gasteiger partial charge in [0, 0.05) is 11.5 Å². The first kappa shape index (κ1) is 21.6. The number of halogens is 1. The van der Waals surface area contributed by atoms with E-state index in [4.69, 9.17) is 11.6 Å². The van der Waals surface area contributed by atoms with Crippen LogP contribution in [0.3, 0.4) is 0 Å². The Morgan fingerprint density at radius 2 is 1.79 bits per heavy atom. The fourth-order valence-corrected chi connectivity index (χ4v) is 5.49. The summed E-state index contributed by atoms with van der Waals surface area (Å²) in [6, 6.07) is 0. The summed E-state index contributed by atoms with van der Waals surface area (Å²) in [5.74, 6) is -4.45. The standard InChI is InChI=1S/C21H23ClO7/c1-4-5-6-7-11(23)13-14-20(3,29)18(28)19(2,17(13)27)9-21(14)15(25)10(22)8-12(24)16(21)26/h4-8,12,14,16,23-24,26,29H,9H2,1-3H3/t12-,14-,16-,19+,20-,21-/m0/s1. The molecule has 0 aromatic carbocycles. The van der Waals surface area contributed by atoms with Gasteiger partial charge >= 0.3 is 0 Å². The predicted molar refractivity (Wildman–Crippen MR) is 104 cm³/mol. The Bertz CT molecular complexity index is 925. The molecular weight excluding hydrogens is 400 g/mol. The number of allylic oxidation sites excluding steroid dienone is 5. The van der Waals surface area contributed by atoms with Crippen molar-refractivity contribution in [3.63, 3.8) is 0 Å². The molecule has 0 amide bonds. The van der Waals surface area contributed by atoms with Gasteiger partial charge < -0.3 is 20.4 Å². The third-order valence-corrected chi connectivity index (χ3v) is 6.66. The zero-order valence-corrected chi connectivity index (χ0v) is 17.0. The van der Waals surface area contributed by atoms with Crippen molar-refractivity contribution in [1.82, 2.24) is 0 Å². The zero-order valence-electron chi connectivity index (χ0n) is 16.2. The second-order valence-corrected chi connectivity index (χ2v) is 8.66. The lowest BCUT2D eigenvalue weighted by molar-refractivity contribution is -0.203. The van der Waals surface area contributed by atoms with Gasteiger partial charge in [-0.05, 0) is 39.3 Å². The average Bonchev–Trinajstić information content (AvgIpc) is 2.65. The summed E-state index contributed by atoms with van der Waals surface area (Å²) in [7, 11) is 0. The van der Waals surface area contributed by atoms with Gasteiger partial charge in [0.2, 0.25) is 0 Å². The van der Waals surface area contributed by atoms with Gasteiger partial charge in [0.15, 0.2) is 17.3 Å². The van der Waals surface area contributed by atoms with Gasteiger partial charge in [-0.1, -0.05) is 29.8 Å². The number of rotatable bonds is 2. The molecule has 2 bridgehead atoms. The monoisotopic (exact) mass is 422 g/mol. The Kier molecular flexibility index (Phi) is 5.03. The molecule has 156 valence electrons. The van der Waals surface area contributed by atoms with E-state index < -0.39 is 64.1 Å². The van der Waals surface area contributed by atoms with Crippen LogP contribution in [0.2, 0.25) is 0 Å². The molecule has 0 unspecified atom stereocenters. The van der Waals surface area contributed by atoms with Crippen molar-refractivity contribution in [3.05, 3.63) is 46.7 Å². The molecule has 0 aromatic rings. The van der Waals surface area contributed by atoms with Crippen LogP contribution in [0.4, 0.5) is 0 Å². The smallest absolute Gasteiger partial charge is 0.183 e. The number of carbonyl (C=O) groups excluding carboxylic acids is 3. The summed E-state index contributed by atoms with van der Waals surface area (Å²) in [6.07, 6.45) is 3.19.